The largest absolute Gasteiger partial charge is 0.491 e. The molecular formula is C13H19BO3. The fraction of sp³-hybridized carbons (Fsp3) is 0.385. The molecule has 3 nitrogen and oxygen atoms in total. The summed E-state index contributed by atoms with van der Waals surface area (Å²) >= 11 is 0. The molecule has 0 aliphatic carbocycles. The van der Waals surface area contributed by atoms with Crippen molar-refractivity contribution in [3.05, 3.63) is 42.5 Å². The molecule has 92 valence electrons. The second-order valence-corrected chi connectivity index (χ2v) is 4.88. The molecule has 0 radical (unpaired) electrons. The van der Waals surface area contributed by atoms with Gasteiger partial charge in [-0.3, -0.25) is 0 Å². The first-order valence-corrected chi connectivity index (χ1v) is 5.61. The van der Waals surface area contributed by atoms with Crippen LogP contribution in [0, 0.1) is 5.41 Å². The van der Waals surface area contributed by atoms with Gasteiger partial charge in [0, 0.05) is 12.0 Å². The van der Waals surface area contributed by atoms with Crippen molar-refractivity contribution in [3.63, 3.8) is 0 Å². The van der Waals surface area contributed by atoms with Gasteiger partial charge in [-0.1, -0.05) is 50.8 Å². The zero-order chi connectivity index (χ0) is 12.9. The molecule has 0 spiro atoms. The van der Waals surface area contributed by atoms with Gasteiger partial charge in [0.25, 0.3) is 0 Å². The molecule has 0 unspecified atom stereocenters. The van der Waals surface area contributed by atoms with Gasteiger partial charge in [0.2, 0.25) is 0 Å². The van der Waals surface area contributed by atoms with Crippen molar-refractivity contribution in [2.75, 3.05) is 13.2 Å². The van der Waals surface area contributed by atoms with Crippen LogP contribution in [-0.2, 0) is 4.65 Å². The Labute approximate surface area is 103 Å². The summed E-state index contributed by atoms with van der Waals surface area (Å²) in [5.74, 6) is 0. The number of aliphatic hydroxyl groups excluding tert-OH is 1. The smallest absolute Gasteiger partial charge is 0.423 e. The Morgan fingerprint density at radius 2 is 1.94 bits per heavy atom. The van der Waals surface area contributed by atoms with Crippen LogP contribution >= 0.6 is 0 Å². The number of hydrogen-bond donors (Lipinski definition) is 2. The SMILES string of the molecule is C=C(B(O)OCC(C)(C)CO)c1ccccc1. The summed E-state index contributed by atoms with van der Waals surface area (Å²) in [6.45, 7) is 7.83. The second kappa shape index (κ2) is 6.01. The molecule has 1 rings (SSSR count). The maximum atomic E-state index is 9.83. The van der Waals surface area contributed by atoms with Crippen molar-refractivity contribution in [2.45, 2.75) is 13.8 Å². The van der Waals surface area contributed by atoms with Gasteiger partial charge >= 0.3 is 7.12 Å². The average molecular weight is 234 g/mol. The Hall–Kier alpha value is -1.10. The van der Waals surface area contributed by atoms with Crippen molar-refractivity contribution in [2.24, 2.45) is 5.41 Å². The van der Waals surface area contributed by atoms with Crippen LogP contribution in [0.2, 0.25) is 0 Å². The normalized spacial score (nSPS) is 11.3. The molecular weight excluding hydrogens is 215 g/mol. The average Bonchev–Trinajstić information content (AvgIpc) is 2.36. The molecule has 0 aliphatic rings. The summed E-state index contributed by atoms with van der Waals surface area (Å²) in [5, 5.41) is 18.9. The molecule has 0 saturated heterocycles. The fourth-order valence-electron chi connectivity index (χ4n) is 1.25. The van der Waals surface area contributed by atoms with Crippen LogP contribution in [0.5, 0.6) is 0 Å². The number of aliphatic hydroxyl groups is 1. The second-order valence-electron chi connectivity index (χ2n) is 4.88. The lowest BCUT2D eigenvalue weighted by Crippen LogP contribution is -2.30. The van der Waals surface area contributed by atoms with E-state index in [0.717, 1.165) is 5.56 Å². The molecule has 1 aromatic rings. The third-order valence-electron chi connectivity index (χ3n) is 2.50. The highest BCUT2D eigenvalue weighted by Gasteiger charge is 2.24. The molecule has 2 N–H and O–H groups in total. The quantitative estimate of drug-likeness (QED) is 0.737. The van der Waals surface area contributed by atoms with Crippen molar-refractivity contribution in [1.82, 2.24) is 0 Å². The highest BCUT2D eigenvalue weighted by atomic mass is 16.5. The van der Waals surface area contributed by atoms with E-state index in [2.05, 4.69) is 6.58 Å². The monoisotopic (exact) mass is 234 g/mol. The Morgan fingerprint density at radius 1 is 1.35 bits per heavy atom. The third kappa shape index (κ3) is 4.34. The van der Waals surface area contributed by atoms with Crippen LogP contribution in [0.4, 0.5) is 0 Å². The molecule has 0 fully saturated rings. The molecule has 0 aliphatic heterocycles. The van der Waals surface area contributed by atoms with Gasteiger partial charge in [-0.15, -0.1) is 0 Å². The molecule has 17 heavy (non-hydrogen) atoms. The molecule has 0 saturated carbocycles. The van der Waals surface area contributed by atoms with E-state index < -0.39 is 7.12 Å². The Morgan fingerprint density at radius 3 is 2.47 bits per heavy atom. The summed E-state index contributed by atoms with van der Waals surface area (Å²) in [7, 11) is -1.04. The topological polar surface area (TPSA) is 49.7 Å². The predicted molar refractivity (Wildman–Crippen MR) is 70.3 cm³/mol. The lowest BCUT2D eigenvalue weighted by atomic mass is 9.75. The zero-order valence-corrected chi connectivity index (χ0v) is 10.4. The van der Waals surface area contributed by atoms with Crippen LogP contribution in [0.3, 0.4) is 0 Å². The van der Waals surface area contributed by atoms with E-state index in [9.17, 15) is 5.02 Å². The number of benzene rings is 1. The molecule has 0 atom stereocenters. The van der Waals surface area contributed by atoms with Crippen LogP contribution in [0.15, 0.2) is 36.9 Å². The maximum Gasteiger partial charge on any atom is 0.491 e. The van der Waals surface area contributed by atoms with E-state index in [1.54, 1.807) is 0 Å². The third-order valence-corrected chi connectivity index (χ3v) is 2.50. The summed E-state index contributed by atoms with van der Waals surface area (Å²) in [6, 6.07) is 9.40. The van der Waals surface area contributed by atoms with Crippen molar-refractivity contribution < 1.29 is 14.8 Å². The molecule has 0 bridgehead atoms. The van der Waals surface area contributed by atoms with E-state index in [1.165, 1.54) is 0 Å². The Kier molecular flexibility index (Phi) is 4.93. The summed E-state index contributed by atoms with van der Waals surface area (Å²) in [5.41, 5.74) is 1.01. The van der Waals surface area contributed by atoms with E-state index in [-0.39, 0.29) is 18.6 Å². The van der Waals surface area contributed by atoms with Crippen LogP contribution in [0.1, 0.15) is 19.4 Å². The van der Waals surface area contributed by atoms with Gasteiger partial charge in [-0.2, -0.15) is 0 Å². The van der Waals surface area contributed by atoms with Crippen LogP contribution in [0.25, 0.3) is 5.47 Å². The minimum Gasteiger partial charge on any atom is -0.423 e. The van der Waals surface area contributed by atoms with Gasteiger partial charge in [0.05, 0.1) is 6.61 Å². The first-order chi connectivity index (χ1) is 7.96. The van der Waals surface area contributed by atoms with Crippen LogP contribution < -0.4 is 0 Å². The molecule has 0 amide bonds. The zero-order valence-electron chi connectivity index (χ0n) is 10.4. The fourth-order valence-corrected chi connectivity index (χ4v) is 1.25. The number of rotatable bonds is 6. The lowest BCUT2D eigenvalue weighted by molar-refractivity contribution is 0.0888. The van der Waals surface area contributed by atoms with Gasteiger partial charge in [0.1, 0.15) is 0 Å². The lowest BCUT2D eigenvalue weighted by Gasteiger charge is -2.23. The Bertz CT molecular complexity index is 362. The highest BCUT2D eigenvalue weighted by Crippen LogP contribution is 2.18. The summed E-state index contributed by atoms with van der Waals surface area (Å²) in [6.07, 6.45) is 0. The molecule has 4 heteroatoms. The van der Waals surface area contributed by atoms with Crippen molar-refractivity contribution >= 4 is 12.6 Å². The summed E-state index contributed by atoms with van der Waals surface area (Å²) < 4.78 is 5.31. The van der Waals surface area contributed by atoms with Gasteiger partial charge in [-0.05, 0) is 11.0 Å². The minimum atomic E-state index is -1.04. The number of hydrogen-bond acceptors (Lipinski definition) is 3. The van der Waals surface area contributed by atoms with Gasteiger partial charge < -0.3 is 14.8 Å². The van der Waals surface area contributed by atoms with E-state index in [4.69, 9.17) is 9.76 Å². The van der Waals surface area contributed by atoms with E-state index in [0.29, 0.717) is 5.47 Å². The first kappa shape index (κ1) is 14.0. The van der Waals surface area contributed by atoms with Crippen LogP contribution in [-0.4, -0.2) is 30.5 Å². The Balaban J connectivity index is 2.54. The maximum absolute atomic E-state index is 9.83. The van der Waals surface area contributed by atoms with E-state index in [1.807, 2.05) is 44.2 Å². The van der Waals surface area contributed by atoms with Gasteiger partial charge in [-0.25, -0.2) is 0 Å². The first-order valence-electron chi connectivity index (χ1n) is 5.61. The highest BCUT2D eigenvalue weighted by molar-refractivity contribution is 6.66. The van der Waals surface area contributed by atoms with Crippen molar-refractivity contribution in [1.29, 1.82) is 0 Å². The van der Waals surface area contributed by atoms with Crippen molar-refractivity contribution in [3.8, 4) is 0 Å². The molecule has 0 aromatic heterocycles. The van der Waals surface area contributed by atoms with Gasteiger partial charge in [0.15, 0.2) is 0 Å². The van der Waals surface area contributed by atoms with E-state index >= 15 is 0 Å². The minimum absolute atomic E-state index is 0.0114. The predicted octanol–water partition coefficient (Wildman–Crippen LogP) is 1.75. The summed E-state index contributed by atoms with van der Waals surface area (Å²) in [4.78, 5) is 0. The molecule has 0 heterocycles. The standard InChI is InChI=1S/C13H19BO3/c1-11(12-7-5-4-6-8-12)14(16)17-10-13(2,3)9-15/h4-8,15-16H,1,9-10H2,2-3H3. The molecule has 1 aromatic carbocycles.